The van der Waals surface area contributed by atoms with E-state index in [1.54, 1.807) is 43.6 Å². The topological polar surface area (TPSA) is 71.5 Å². The lowest BCUT2D eigenvalue weighted by molar-refractivity contribution is -0.120. The number of carbonyl (C=O) groups excluding carboxylic acids is 2. The zero-order valence-corrected chi connectivity index (χ0v) is 11.4. The van der Waals surface area contributed by atoms with Crippen molar-refractivity contribution in [2.24, 2.45) is 0 Å². The largest absolute Gasteiger partial charge is 0.481 e. The molecule has 0 bridgehead atoms. The maximum Gasteiger partial charge on any atom is 0.264 e. The first-order chi connectivity index (χ1) is 10.2. The molecule has 2 aromatic rings. The van der Waals surface area contributed by atoms with Gasteiger partial charge in [0.25, 0.3) is 11.8 Å². The molecule has 0 saturated carbocycles. The molecule has 0 saturated heterocycles. The Morgan fingerprint density at radius 2 is 2.19 bits per heavy atom. The summed E-state index contributed by atoms with van der Waals surface area (Å²) in [5.41, 5.74) is 1.53. The predicted molar refractivity (Wildman–Crippen MR) is 77.5 cm³/mol. The summed E-state index contributed by atoms with van der Waals surface area (Å²) in [5, 5.41) is 2.78. The first-order valence-corrected chi connectivity index (χ1v) is 6.40. The van der Waals surface area contributed by atoms with Crippen LogP contribution in [0.1, 0.15) is 10.4 Å². The smallest absolute Gasteiger partial charge is 0.264 e. The van der Waals surface area contributed by atoms with Crippen LogP contribution in [-0.4, -0.2) is 30.5 Å². The van der Waals surface area contributed by atoms with Crippen LogP contribution in [0.25, 0.3) is 0 Å². The van der Waals surface area contributed by atoms with Crippen molar-refractivity contribution in [2.75, 3.05) is 23.9 Å². The maximum absolute atomic E-state index is 12.2. The number of ether oxygens (including phenoxy) is 1. The van der Waals surface area contributed by atoms with Gasteiger partial charge in [0.2, 0.25) is 0 Å². The lowest BCUT2D eigenvalue weighted by Gasteiger charge is -2.28. The molecule has 0 radical (unpaired) electrons. The lowest BCUT2D eigenvalue weighted by atomic mass is 10.2. The van der Waals surface area contributed by atoms with Gasteiger partial charge >= 0.3 is 0 Å². The number of hydrogen-bond donors (Lipinski definition) is 1. The standard InChI is InChI=1S/C15H13N3O3/c1-18-13(19)9-21-12-6-2-5-11(14(12)18)17-15(20)10-4-3-7-16-8-10/h2-8H,9H2,1H3,(H,17,20). The summed E-state index contributed by atoms with van der Waals surface area (Å²) in [6.45, 7) is 0.00348. The van der Waals surface area contributed by atoms with Gasteiger partial charge in [-0.3, -0.25) is 14.6 Å². The number of amides is 2. The van der Waals surface area contributed by atoms with E-state index in [-0.39, 0.29) is 18.4 Å². The van der Waals surface area contributed by atoms with Crippen molar-refractivity contribution >= 4 is 23.2 Å². The minimum Gasteiger partial charge on any atom is -0.481 e. The number of fused-ring (bicyclic) bond motifs is 1. The molecule has 106 valence electrons. The van der Waals surface area contributed by atoms with E-state index < -0.39 is 0 Å². The van der Waals surface area contributed by atoms with Crippen molar-refractivity contribution in [1.82, 2.24) is 4.98 Å². The van der Waals surface area contributed by atoms with Crippen LogP contribution >= 0.6 is 0 Å². The second kappa shape index (κ2) is 5.24. The molecular formula is C15H13N3O3. The average molecular weight is 283 g/mol. The van der Waals surface area contributed by atoms with Gasteiger partial charge in [0.05, 0.1) is 11.3 Å². The summed E-state index contributed by atoms with van der Waals surface area (Å²) in [6, 6.07) is 8.61. The summed E-state index contributed by atoms with van der Waals surface area (Å²) < 4.78 is 5.38. The van der Waals surface area contributed by atoms with Crippen LogP contribution in [0, 0.1) is 0 Å². The van der Waals surface area contributed by atoms with Crippen LogP contribution in [0.5, 0.6) is 5.75 Å². The van der Waals surface area contributed by atoms with Gasteiger partial charge in [0, 0.05) is 19.4 Å². The van der Waals surface area contributed by atoms with Crippen molar-refractivity contribution in [1.29, 1.82) is 0 Å². The molecule has 1 aromatic heterocycles. The Labute approximate surface area is 121 Å². The number of anilines is 2. The number of aromatic nitrogens is 1. The van der Waals surface area contributed by atoms with E-state index >= 15 is 0 Å². The van der Waals surface area contributed by atoms with Crippen molar-refractivity contribution in [3.63, 3.8) is 0 Å². The number of carbonyl (C=O) groups is 2. The third kappa shape index (κ3) is 2.43. The van der Waals surface area contributed by atoms with Gasteiger partial charge < -0.3 is 15.0 Å². The number of rotatable bonds is 2. The number of para-hydroxylation sites is 1. The molecular weight excluding hydrogens is 270 g/mol. The third-order valence-corrected chi connectivity index (χ3v) is 3.23. The average Bonchev–Trinajstić information content (AvgIpc) is 2.52. The van der Waals surface area contributed by atoms with E-state index in [2.05, 4.69) is 10.3 Å². The molecule has 21 heavy (non-hydrogen) atoms. The molecule has 2 amide bonds. The fourth-order valence-corrected chi connectivity index (χ4v) is 2.14. The van der Waals surface area contributed by atoms with E-state index in [4.69, 9.17) is 4.74 Å². The Morgan fingerprint density at radius 3 is 2.95 bits per heavy atom. The van der Waals surface area contributed by atoms with E-state index in [9.17, 15) is 9.59 Å². The summed E-state index contributed by atoms with van der Waals surface area (Å²) in [4.78, 5) is 29.3. The number of pyridine rings is 1. The van der Waals surface area contributed by atoms with Gasteiger partial charge in [0.1, 0.15) is 11.4 Å². The van der Waals surface area contributed by atoms with Crippen molar-refractivity contribution < 1.29 is 14.3 Å². The van der Waals surface area contributed by atoms with Crippen molar-refractivity contribution in [2.45, 2.75) is 0 Å². The number of benzene rings is 1. The van der Waals surface area contributed by atoms with Crippen LogP contribution < -0.4 is 15.0 Å². The SMILES string of the molecule is CN1C(=O)COc2cccc(NC(=O)c3cccnc3)c21. The molecule has 1 aromatic carbocycles. The Morgan fingerprint density at radius 1 is 1.33 bits per heavy atom. The Kier molecular flexibility index (Phi) is 3.27. The zero-order chi connectivity index (χ0) is 14.8. The molecule has 2 heterocycles. The van der Waals surface area contributed by atoms with Gasteiger partial charge in [-0.1, -0.05) is 6.07 Å². The number of nitrogens with one attached hydrogen (secondary N) is 1. The number of hydrogen-bond acceptors (Lipinski definition) is 4. The molecule has 0 atom stereocenters. The first-order valence-electron chi connectivity index (χ1n) is 6.40. The van der Waals surface area contributed by atoms with Crippen LogP contribution in [0.2, 0.25) is 0 Å². The van der Waals surface area contributed by atoms with Crippen LogP contribution in [0.4, 0.5) is 11.4 Å². The predicted octanol–water partition coefficient (Wildman–Crippen LogP) is 1.69. The highest BCUT2D eigenvalue weighted by Gasteiger charge is 2.25. The van der Waals surface area contributed by atoms with E-state index in [0.717, 1.165) is 0 Å². The lowest BCUT2D eigenvalue weighted by Crippen LogP contribution is -2.36. The van der Waals surface area contributed by atoms with Gasteiger partial charge in [-0.25, -0.2) is 0 Å². The third-order valence-electron chi connectivity index (χ3n) is 3.23. The summed E-state index contributed by atoms with van der Waals surface area (Å²) in [5.74, 6) is 0.120. The highest BCUT2D eigenvalue weighted by atomic mass is 16.5. The van der Waals surface area contributed by atoms with Gasteiger partial charge in [-0.05, 0) is 24.3 Å². The number of nitrogens with zero attached hydrogens (tertiary/aromatic N) is 2. The van der Waals surface area contributed by atoms with Gasteiger partial charge in [0.15, 0.2) is 6.61 Å². The molecule has 3 rings (SSSR count). The van der Waals surface area contributed by atoms with Crippen molar-refractivity contribution in [3.05, 3.63) is 48.3 Å². The highest BCUT2D eigenvalue weighted by molar-refractivity contribution is 6.09. The summed E-state index contributed by atoms with van der Waals surface area (Å²) >= 11 is 0. The molecule has 0 spiro atoms. The monoisotopic (exact) mass is 283 g/mol. The van der Waals surface area contributed by atoms with E-state index in [1.165, 1.54) is 11.1 Å². The molecule has 6 nitrogen and oxygen atoms in total. The van der Waals surface area contributed by atoms with E-state index in [1.807, 2.05) is 0 Å². The van der Waals surface area contributed by atoms with Crippen LogP contribution in [0.15, 0.2) is 42.7 Å². The second-order valence-corrected chi connectivity index (χ2v) is 4.59. The van der Waals surface area contributed by atoms with E-state index in [0.29, 0.717) is 22.7 Å². The molecule has 1 aliphatic heterocycles. The van der Waals surface area contributed by atoms with Gasteiger partial charge in [-0.15, -0.1) is 0 Å². The Hall–Kier alpha value is -2.89. The molecule has 0 unspecified atom stereocenters. The molecule has 0 fully saturated rings. The molecule has 6 heteroatoms. The Balaban J connectivity index is 1.94. The highest BCUT2D eigenvalue weighted by Crippen LogP contribution is 2.38. The van der Waals surface area contributed by atoms with Crippen molar-refractivity contribution in [3.8, 4) is 5.75 Å². The quantitative estimate of drug-likeness (QED) is 0.910. The van der Waals surface area contributed by atoms with Gasteiger partial charge in [-0.2, -0.15) is 0 Å². The molecule has 0 aliphatic carbocycles. The maximum atomic E-state index is 12.2. The zero-order valence-electron chi connectivity index (χ0n) is 11.4. The van der Waals surface area contributed by atoms with Crippen LogP contribution in [0.3, 0.4) is 0 Å². The van der Waals surface area contributed by atoms with Crippen LogP contribution in [-0.2, 0) is 4.79 Å². The normalized spacial score (nSPS) is 13.4. The Bertz CT molecular complexity index is 701. The molecule has 1 aliphatic rings. The number of likely N-dealkylation sites (N-methyl/N-ethyl adjacent to an activating group) is 1. The summed E-state index contributed by atoms with van der Waals surface area (Å²) in [6.07, 6.45) is 3.08. The summed E-state index contributed by atoms with van der Waals surface area (Å²) in [7, 11) is 1.66. The minimum atomic E-state index is -0.289. The molecule has 1 N–H and O–H groups in total. The second-order valence-electron chi connectivity index (χ2n) is 4.59. The fourth-order valence-electron chi connectivity index (χ4n) is 2.14. The fraction of sp³-hybridized carbons (Fsp3) is 0.133. The first kappa shape index (κ1) is 13.1. The minimum absolute atomic E-state index is 0.00348.